The van der Waals surface area contributed by atoms with Gasteiger partial charge in [0.05, 0.1) is 34.1 Å². The first-order chi connectivity index (χ1) is 11.6. The van der Waals surface area contributed by atoms with Gasteiger partial charge in [-0.25, -0.2) is 4.99 Å². The molecule has 0 aliphatic rings. The number of nitrogens with one attached hydrogen (secondary N) is 1. The van der Waals surface area contributed by atoms with Gasteiger partial charge in [-0.2, -0.15) is 0 Å². The average molecular weight is 331 g/mol. The van der Waals surface area contributed by atoms with E-state index in [1.54, 1.807) is 64.8 Å². The lowest BCUT2D eigenvalue weighted by atomic mass is 10.2. The summed E-state index contributed by atoms with van der Waals surface area (Å²) in [5.74, 6) is 2.70. The molecule has 2 rings (SSSR count). The van der Waals surface area contributed by atoms with E-state index in [2.05, 4.69) is 10.3 Å². The third-order valence-electron chi connectivity index (χ3n) is 3.30. The van der Waals surface area contributed by atoms with Crippen LogP contribution in [0.3, 0.4) is 0 Å². The summed E-state index contributed by atoms with van der Waals surface area (Å²) >= 11 is 0. The molecule has 0 fully saturated rings. The van der Waals surface area contributed by atoms with Gasteiger partial charge in [0.2, 0.25) is 0 Å². The van der Waals surface area contributed by atoms with Crippen molar-refractivity contribution in [3.05, 3.63) is 36.4 Å². The summed E-state index contributed by atoms with van der Waals surface area (Å²) in [4.78, 5) is 4.35. The first-order valence-electron chi connectivity index (χ1n) is 7.16. The van der Waals surface area contributed by atoms with Crippen molar-refractivity contribution >= 4 is 17.3 Å². The Labute approximate surface area is 141 Å². The van der Waals surface area contributed by atoms with Gasteiger partial charge in [0.1, 0.15) is 28.7 Å². The molecule has 7 nitrogen and oxygen atoms in total. The summed E-state index contributed by atoms with van der Waals surface area (Å²) in [6.45, 7) is 0. The minimum atomic E-state index is 0.174. The average Bonchev–Trinajstić information content (AvgIpc) is 2.61. The Balaban J connectivity index is 2.32. The van der Waals surface area contributed by atoms with E-state index in [1.807, 2.05) is 0 Å². The fourth-order valence-corrected chi connectivity index (χ4v) is 2.09. The number of rotatable bonds is 6. The van der Waals surface area contributed by atoms with Crippen molar-refractivity contribution in [2.75, 3.05) is 33.8 Å². The number of hydrogen-bond acceptors (Lipinski definition) is 5. The number of benzene rings is 2. The molecule has 2 aromatic rings. The van der Waals surface area contributed by atoms with Crippen LogP contribution in [0.15, 0.2) is 41.4 Å². The summed E-state index contributed by atoms with van der Waals surface area (Å²) in [5.41, 5.74) is 7.20. The van der Waals surface area contributed by atoms with Gasteiger partial charge in [-0.15, -0.1) is 0 Å². The highest BCUT2D eigenvalue weighted by Crippen LogP contribution is 2.32. The molecule has 0 atom stereocenters. The third kappa shape index (κ3) is 4.01. The number of methoxy groups -OCH3 is 4. The summed E-state index contributed by atoms with van der Waals surface area (Å²) in [5, 5.41) is 3.00. The van der Waals surface area contributed by atoms with Crippen LogP contribution < -0.4 is 30.0 Å². The van der Waals surface area contributed by atoms with Gasteiger partial charge in [0.25, 0.3) is 0 Å². The van der Waals surface area contributed by atoms with Gasteiger partial charge in [-0.3, -0.25) is 0 Å². The summed E-state index contributed by atoms with van der Waals surface area (Å²) in [7, 11) is 6.31. The van der Waals surface area contributed by atoms with Crippen LogP contribution in [0.2, 0.25) is 0 Å². The lowest BCUT2D eigenvalue weighted by Crippen LogP contribution is -2.22. The van der Waals surface area contributed by atoms with Crippen molar-refractivity contribution in [2.24, 2.45) is 10.7 Å². The SMILES string of the molecule is COc1ccc(OC)c(N=C(N)Nc2cc(OC)ccc2OC)c1. The van der Waals surface area contributed by atoms with Crippen LogP contribution in [-0.2, 0) is 0 Å². The predicted molar refractivity (Wildman–Crippen MR) is 94.0 cm³/mol. The molecule has 24 heavy (non-hydrogen) atoms. The number of anilines is 1. The molecule has 0 heterocycles. The van der Waals surface area contributed by atoms with Gasteiger partial charge in [0, 0.05) is 12.1 Å². The molecule has 0 aliphatic carbocycles. The van der Waals surface area contributed by atoms with Gasteiger partial charge in [0.15, 0.2) is 5.96 Å². The van der Waals surface area contributed by atoms with Crippen LogP contribution >= 0.6 is 0 Å². The minimum absolute atomic E-state index is 0.174. The summed E-state index contributed by atoms with van der Waals surface area (Å²) < 4.78 is 21.0. The van der Waals surface area contributed by atoms with Gasteiger partial charge < -0.3 is 30.0 Å². The molecule has 0 aromatic heterocycles. The molecule has 2 aromatic carbocycles. The van der Waals surface area contributed by atoms with E-state index >= 15 is 0 Å². The third-order valence-corrected chi connectivity index (χ3v) is 3.30. The highest BCUT2D eigenvalue weighted by Gasteiger charge is 2.08. The van der Waals surface area contributed by atoms with Crippen molar-refractivity contribution in [3.8, 4) is 23.0 Å². The van der Waals surface area contributed by atoms with Crippen LogP contribution in [0.25, 0.3) is 0 Å². The smallest absolute Gasteiger partial charge is 0.198 e. The van der Waals surface area contributed by atoms with Crippen molar-refractivity contribution in [3.63, 3.8) is 0 Å². The van der Waals surface area contributed by atoms with E-state index in [4.69, 9.17) is 24.7 Å². The second kappa shape index (κ2) is 7.96. The summed E-state index contributed by atoms with van der Waals surface area (Å²) in [6.07, 6.45) is 0. The lowest BCUT2D eigenvalue weighted by Gasteiger charge is -2.13. The van der Waals surface area contributed by atoms with Crippen LogP contribution in [0.1, 0.15) is 0 Å². The Hall–Kier alpha value is -3.09. The molecular weight excluding hydrogens is 310 g/mol. The number of nitrogens with two attached hydrogens (primary N) is 1. The Bertz CT molecular complexity index is 732. The molecule has 0 radical (unpaired) electrons. The van der Waals surface area contributed by atoms with E-state index in [0.717, 1.165) is 0 Å². The van der Waals surface area contributed by atoms with Crippen molar-refractivity contribution in [1.82, 2.24) is 0 Å². The Kier molecular flexibility index (Phi) is 5.73. The second-order valence-corrected chi connectivity index (χ2v) is 4.73. The topological polar surface area (TPSA) is 87.3 Å². The van der Waals surface area contributed by atoms with E-state index in [9.17, 15) is 0 Å². The number of nitrogens with zero attached hydrogens (tertiary/aromatic N) is 1. The first kappa shape index (κ1) is 17.3. The van der Waals surface area contributed by atoms with Crippen LogP contribution in [0.4, 0.5) is 11.4 Å². The Morgan fingerprint density at radius 3 is 2.00 bits per heavy atom. The number of guanidine groups is 1. The Morgan fingerprint density at radius 1 is 0.833 bits per heavy atom. The van der Waals surface area contributed by atoms with Crippen molar-refractivity contribution in [1.29, 1.82) is 0 Å². The molecule has 0 aliphatic heterocycles. The van der Waals surface area contributed by atoms with E-state index in [0.29, 0.717) is 34.4 Å². The molecule has 0 saturated heterocycles. The standard InChI is InChI=1S/C17H21N3O4/c1-21-11-5-7-15(23-3)13(9-11)19-17(18)20-14-10-12(22-2)6-8-16(14)24-4/h5-10H,1-4H3,(H3,18,19,20). The van der Waals surface area contributed by atoms with E-state index in [1.165, 1.54) is 0 Å². The normalized spacial score (nSPS) is 10.9. The highest BCUT2D eigenvalue weighted by atomic mass is 16.5. The highest BCUT2D eigenvalue weighted by molar-refractivity contribution is 5.96. The molecule has 0 spiro atoms. The molecule has 128 valence electrons. The van der Waals surface area contributed by atoms with Crippen LogP contribution in [0.5, 0.6) is 23.0 Å². The zero-order valence-corrected chi connectivity index (χ0v) is 14.1. The lowest BCUT2D eigenvalue weighted by molar-refractivity contribution is 0.404. The fraction of sp³-hybridized carbons (Fsp3) is 0.235. The Morgan fingerprint density at radius 2 is 1.42 bits per heavy atom. The first-order valence-corrected chi connectivity index (χ1v) is 7.16. The minimum Gasteiger partial charge on any atom is -0.497 e. The quantitative estimate of drug-likeness (QED) is 0.625. The van der Waals surface area contributed by atoms with E-state index in [-0.39, 0.29) is 5.96 Å². The van der Waals surface area contributed by atoms with Crippen LogP contribution in [0, 0.1) is 0 Å². The second-order valence-electron chi connectivity index (χ2n) is 4.73. The molecule has 0 unspecified atom stereocenters. The predicted octanol–water partition coefficient (Wildman–Crippen LogP) is 2.78. The molecule has 0 saturated carbocycles. The number of hydrogen-bond donors (Lipinski definition) is 2. The maximum atomic E-state index is 6.01. The maximum absolute atomic E-state index is 6.01. The fourth-order valence-electron chi connectivity index (χ4n) is 2.09. The van der Waals surface area contributed by atoms with E-state index < -0.39 is 0 Å². The maximum Gasteiger partial charge on any atom is 0.198 e. The zero-order chi connectivity index (χ0) is 17.5. The van der Waals surface area contributed by atoms with Gasteiger partial charge >= 0.3 is 0 Å². The monoisotopic (exact) mass is 331 g/mol. The van der Waals surface area contributed by atoms with Gasteiger partial charge in [-0.05, 0) is 24.3 Å². The number of ether oxygens (including phenoxy) is 4. The summed E-state index contributed by atoms with van der Waals surface area (Å²) in [6, 6.07) is 10.6. The number of aliphatic imine (C=N–C) groups is 1. The molecule has 3 N–H and O–H groups in total. The molecular formula is C17H21N3O4. The molecule has 0 bridgehead atoms. The largest absolute Gasteiger partial charge is 0.497 e. The molecule has 7 heteroatoms. The van der Waals surface area contributed by atoms with Crippen molar-refractivity contribution < 1.29 is 18.9 Å². The zero-order valence-electron chi connectivity index (χ0n) is 14.1. The van der Waals surface area contributed by atoms with Crippen LogP contribution in [-0.4, -0.2) is 34.4 Å². The molecule has 0 amide bonds. The van der Waals surface area contributed by atoms with Gasteiger partial charge in [-0.1, -0.05) is 0 Å². The van der Waals surface area contributed by atoms with Crippen molar-refractivity contribution in [2.45, 2.75) is 0 Å².